The van der Waals surface area contributed by atoms with E-state index in [1.807, 2.05) is 0 Å². The van der Waals surface area contributed by atoms with Crippen molar-refractivity contribution in [1.29, 1.82) is 0 Å². The number of hydrogen-bond acceptors (Lipinski definition) is 0. The molecule has 0 N–H and O–H groups in total. The largest absolute Gasteiger partial charge is 0.0803 e. The normalized spacial score (nSPS) is 18.9. The van der Waals surface area contributed by atoms with E-state index in [2.05, 4.69) is 105 Å². The van der Waals surface area contributed by atoms with Crippen LogP contribution in [0.2, 0.25) is 31.7 Å². The molecule has 4 rings (SSSR count). The van der Waals surface area contributed by atoms with Gasteiger partial charge in [0.2, 0.25) is 0 Å². The summed E-state index contributed by atoms with van der Waals surface area (Å²) in [6.45, 7) is 9.78. The molecule has 0 bridgehead atoms. The van der Waals surface area contributed by atoms with E-state index < -0.39 is 8.07 Å². The van der Waals surface area contributed by atoms with Crippen molar-refractivity contribution >= 4 is 28.1 Å². The van der Waals surface area contributed by atoms with Gasteiger partial charge >= 0.3 is 0 Å². The van der Waals surface area contributed by atoms with Crippen LogP contribution in [0.25, 0.3) is 17.2 Å². The van der Waals surface area contributed by atoms with Gasteiger partial charge in [-0.2, -0.15) is 0 Å². The topological polar surface area (TPSA) is 0 Å². The van der Waals surface area contributed by atoms with Crippen LogP contribution in [-0.4, -0.2) is 16.9 Å². The molecule has 131 valence electrons. The molecule has 1 radical (unpaired) electrons. The van der Waals surface area contributed by atoms with Crippen molar-refractivity contribution in [3.8, 4) is 11.1 Å². The third-order valence-corrected chi connectivity index (χ3v) is 11.8. The zero-order chi connectivity index (χ0) is 18.3. The predicted octanol–water partition coefficient (Wildman–Crippen LogP) is 6.17. The van der Waals surface area contributed by atoms with E-state index in [0.29, 0.717) is 11.1 Å². The van der Waals surface area contributed by atoms with Crippen LogP contribution in [0.3, 0.4) is 0 Å². The zero-order valence-electron chi connectivity index (χ0n) is 16.2. The molecule has 2 aromatic rings. The number of hydrogen-bond donors (Lipinski definition) is 0. The molecule has 2 aromatic carbocycles. The Morgan fingerprint density at radius 3 is 2.19 bits per heavy atom. The highest BCUT2D eigenvalue weighted by atomic mass is 28.3. The molecule has 0 nitrogen and oxygen atoms in total. The van der Waals surface area contributed by atoms with Crippen molar-refractivity contribution in [2.45, 2.75) is 37.3 Å². The number of allylic oxidation sites excluding steroid dienone is 5. The lowest BCUT2D eigenvalue weighted by Gasteiger charge is -2.33. The molecular weight excluding hydrogens is 344 g/mol. The summed E-state index contributed by atoms with van der Waals surface area (Å²) in [6.07, 6.45) is 14.1. The average Bonchev–Trinajstić information content (AvgIpc) is 3.31. The van der Waals surface area contributed by atoms with Crippen molar-refractivity contribution in [2.24, 2.45) is 0 Å². The minimum absolute atomic E-state index is 0.380. The van der Waals surface area contributed by atoms with Gasteiger partial charge in [0.25, 0.3) is 0 Å². The van der Waals surface area contributed by atoms with Crippen molar-refractivity contribution in [3.05, 3.63) is 84.0 Å². The lowest BCUT2D eigenvalue weighted by atomic mass is 9.97. The lowest BCUT2D eigenvalue weighted by molar-refractivity contribution is 1.09. The Morgan fingerprint density at radius 2 is 1.54 bits per heavy atom. The van der Waals surface area contributed by atoms with Gasteiger partial charge in [-0.25, -0.2) is 0 Å². The Kier molecular flexibility index (Phi) is 4.49. The van der Waals surface area contributed by atoms with Gasteiger partial charge in [0.1, 0.15) is 0 Å². The third-order valence-electron chi connectivity index (χ3n) is 6.11. The van der Waals surface area contributed by atoms with Gasteiger partial charge in [0.05, 0.1) is 16.9 Å². The van der Waals surface area contributed by atoms with E-state index in [1.54, 1.807) is 0 Å². The fourth-order valence-corrected chi connectivity index (χ4v) is 8.46. The highest BCUT2D eigenvalue weighted by Gasteiger charge is 2.39. The fraction of sp³-hybridized carbons (Fsp3) is 0.250. The fourth-order valence-electron chi connectivity index (χ4n) is 4.36. The van der Waals surface area contributed by atoms with E-state index in [0.717, 1.165) is 0 Å². The molecule has 0 heterocycles. The minimum atomic E-state index is -1.49. The summed E-state index contributed by atoms with van der Waals surface area (Å²) >= 11 is 0. The molecule has 1 atom stereocenters. The predicted molar refractivity (Wildman–Crippen MR) is 120 cm³/mol. The van der Waals surface area contributed by atoms with Crippen LogP contribution in [0.5, 0.6) is 0 Å². The Labute approximate surface area is 160 Å². The van der Waals surface area contributed by atoms with E-state index >= 15 is 0 Å². The second kappa shape index (κ2) is 6.68. The standard InChI is InChI=1S/C24H27Si2/c1-25(2)19-14-12-18(13-15-19)21-10-7-11-23-22(21)16-17-24(23)26(3,4)20-8-5-6-9-20/h5-17,20,24H,1-4H3. The van der Waals surface area contributed by atoms with Crippen LogP contribution in [-0.2, 0) is 0 Å². The summed E-state index contributed by atoms with van der Waals surface area (Å²) in [5.74, 6) is 0. The molecular formula is C24H27Si2. The maximum absolute atomic E-state index is 2.54. The molecule has 0 saturated carbocycles. The summed E-state index contributed by atoms with van der Waals surface area (Å²) in [4.78, 5) is 0. The molecule has 2 heteroatoms. The molecule has 0 saturated heterocycles. The van der Waals surface area contributed by atoms with E-state index in [-0.39, 0.29) is 8.80 Å². The summed E-state index contributed by atoms with van der Waals surface area (Å²) in [5, 5.41) is 1.51. The monoisotopic (exact) mass is 371 g/mol. The summed E-state index contributed by atoms with van der Waals surface area (Å²) in [7, 11) is -1.87. The Morgan fingerprint density at radius 1 is 0.846 bits per heavy atom. The number of rotatable bonds is 4. The molecule has 0 amide bonds. The quantitative estimate of drug-likeness (QED) is 0.564. The summed E-state index contributed by atoms with van der Waals surface area (Å²) in [6, 6.07) is 16.2. The van der Waals surface area contributed by atoms with Crippen LogP contribution >= 0.6 is 0 Å². The zero-order valence-corrected chi connectivity index (χ0v) is 18.2. The van der Waals surface area contributed by atoms with Crippen LogP contribution in [0.15, 0.2) is 72.8 Å². The number of benzene rings is 2. The first kappa shape index (κ1) is 17.5. The van der Waals surface area contributed by atoms with Crippen LogP contribution in [0, 0.1) is 0 Å². The third kappa shape index (κ3) is 2.91. The Balaban J connectivity index is 1.72. The molecule has 2 aliphatic rings. The molecule has 2 aliphatic carbocycles. The Hall–Kier alpha value is -1.91. The molecule has 0 aromatic heterocycles. The van der Waals surface area contributed by atoms with E-state index in [9.17, 15) is 0 Å². The lowest BCUT2D eigenvalue weighted by Crippen LogP contribution is -2.37. The second-order valence-corrected chi connectivity index (χ2v) is 15.8. The van der Waals surface area contributed by atoms with Gasteiger partial charge in [0.15, 0.2) is 0 Å². The highest BCUT2D eigenvalue weighted by molar-refractivity contribution is 6.81. The van der Waals surface area contributed by atoms with Crippen molar-refractivity contribution < 1.29 is 0 Å². The van der Waals surface area contributed by atoms with Crippen LogP contribution in [0.4, 0.5) is 0 Å². The first-order chi connectivity index (χ1) is 12.5. The van der Waals surface area contributed by atoms with Crippen LogP contribution < -0.4 is 5.19 Å². The van der Waals surface area contributed by atoms with Crippen molar-refractivity contribution in [1.82, 2.24) is 0 Å². The molecule has 0 aliphatic heterocycles. The van der Waals surface area contributed by atoms with E-state index in [1.165, 1.54) is 27.4 Å². The molecule has 0 fully saturated rings. The smallest absolute Gasteiger partial charge is 0.0791 e. The number of fused-ring (bicyclic) bond motifs is 1. The second-order valence-electron chi connectivity index (χ2n) is 8.34. The van der Waals surface area contributed by atoms with Gasteiger partial charge in [-0.05, 0) is 33.3 Å². The van der Waals surface area contributed by atoms with Gasteiger partial charge in [-0.1, -0.05) is 110 Å². The Bertz CT molecular complexity index is 886. The van der Waals surface area contributed by atoms with Gasteiger partial charge in [0, 0.05) is 0 Å². The SMILES string of the molecule is C[Si](C)c1ccc(-c2cccc3c2C=CC3[Si](C)(C)C2C=CC=C2)cc1. The van der Waals surface area contributed by atoms with Gasteiger partial charge in [-0.15, -0.1) is 0 Å². The first-order valence-electron chi connectivity index (χ1n) is 9.55. The van der Waals surface area contributed by atoms with Gasteiger partial charge in [-0.3, -0.25) is 0 Å². The molecule has 26 heavy (non-hydrogen) atoms. The van der Waals surface area contributed by atoms with Crippen LogP contribution in [0.1, 0.15) is 16.7 Å². The van der Waals surface area contributed by atoms with Crippen molar-refractivity contribution in [3.63, 3.8) is 0 Å². The maximum Gasteiger partial charge on any atom is 0.0791 e. The molecule has 1 unspecified atom stereocenters. The van der Waals surface area contributed by atoms with Crippen molar-refractivity contribution in [2.75, 3.05) is 0 Å². The highest BCUT2D eigenvalue weighted by Crippen LogP contribution is 2.46. The minimum Gasteiger partial charge on any atom is -0.0803 e. The summed E-state index contributed by atoms with van der Waals surface area (Å²) < 4.78 is 0. The average molecular weight is 372 g/mol. The maximum atomic E-state index is 2.54. The molecule has 0 spiro atoms. The summed E-state index contributed by atoms with van der Waals surface area (Å²) in [5.41, 5.74) is 6.94. The first-order valence-corrected chi connectivity index (χ1v) is 15.2. The van der Waals surface area contributed by atoms with E-state index in [4.69, 9.17) is 0 Å². The van der Waals surface area contributed by atoms with Gasteiger partial charge < -0.3 is 0 Å².